The van der Waals surface area contributed by atoms with Gasteiger partial charge in [-0.3, -0.25) is 4.79 Å². The summed E-state index contributed by atoms with van der Waals surface area (Å²) < 4.78 is 0. The van der Waals surface area contributed by atoms with Gasteiger partial charge in [-0.25, -0.2) is 4.98 Å². The first-order valence-corrected chi connectivity index (χ1v) is 3.32. The fourth-order valence-electron chi connectivity index (χ4n) is 1.05. The van der Waals surface area contributed by atoms with E-state index in [1.807, 2.05) is 0 Å². The molecule has 0 aromatic carbocycles. The van der Waals surface area contributed by atoms with Crippen LogP contribution in [0.15, 0.2) is 6.33 Å². The summed E-state index contributed by atoms with van der Waals surface area (Å²) in [5.74, 6) is 0.629. The fraction of sp³-hybridized carbons (Fsp3) is 0.333. The lowest BCUT2D eigenvalue weighted by molar-refractivity contribution is 0.0791. The average molecular weight is 152 g/mol. The molecule has 0 unspecified atom stereocenters. The van der Waals surface area contributed by atoms with Gasteiger partial charge in [0.25, 0.3) is 5.91 Å². The third kappa shape index (κ3) is 0.772. The van der Waals surface area contributed by atoms with Crippen LogP contribution in [-0.4, -0.2) is 34.5 Å². The summed E-state index contributed by atoms with van der Waals surface area (Å²) in [6, 6.07) is 0. The van der Waals surface area contributed by atoms with Crippen molar-refractivity contribution in [1.29, 1.82) is 0 Å². The van der Waals surface area contributed by atoms with Gasteiger partial charge in [-0.1, -0.05) is 0 Å². The minimum Gasteiger partial charge on any atom is -0.351 e. The second kappa shape index (κ2) is 1.98. The van der Waals surface area contributed by atoms with E-state index in [0.29, 0.717) is 18.2 Å². The number of aromatic nitrogens is 2. The Hall–Kier alpha value is -1.52. The molecule has 1 aromatic rings. The Bertz CT molecular complexity index is 293. The number of carbonyl (C=O) groups excluding carboxylic acids is 1. The second-order valence-electron chi connectivity index (χ2n) is 2.46. The highest BCUT2D eigenvalue weighted by Crippen LogP contribution is 2.15. The smallest absolute Gasteiger partial charge is 0.275 e. The third-order valence-electron chi connectivity index (χ3n) is 1.68. The lowest BCUT2D eigenvalue weighted by atomic mass is 10.3. The Labute approximate surface area is 63.4 Å². The standard InChI is InChI=1S/C6H8N4O/c1-10-3-9-5-4(6(10)11)7-2-8-5/h2,9H,3H2,1H3,(H,7,8). The van der Waals surface area contributed by atoms with Crippen LogP contribution in [0.25, 0.3) is 0 Å². The molecule has 58 valence electrons. The Morgan fingerprint density at radius 2 is 2.55 bits per heavy atom. The second-order valence-corrected chi connectivity index (χ2v) is 2.46. The summed E-state index contributed by atoms with van der Waals surface area (Å²) in [5, 5.41) is 2.99. The van der Waals surface area contributed by atoms with Crippen molar-refractivity contribution < 1.29 is 4.79 Å². The van der Waals surface area contributed by atoms with Gasteiger partial charge in [0.15, 0.2) is 5.82 Å². The van der Waals surface area contributed by atoms with E-state index >= 15 is 0 Å². The van der Waals surface area contributed by atoms with Gasteiger partial charge in [-0.15, -0.1) is 0 Å². The van der Waals surface area contributed by atoms with Crippen LogP contribution in [0.3, 0.4) is 0 Å². The van der Waals surface area contributed by atoms with Crippen LogP contribution < -0.4 is 5.32 Å². The summed E-state index contributed by atoms with van der Waals surface area (Å²) in [6.45, 7) is 0.524. The zero-order valence-corrected chi connectivity index (χ0v) is 6.09. The molecule has 2 N–H and O–H groups in total. The van der Waals surface area contributed by atoms with Crippen molar-refractivity contribution in [1.82, 2.24) is 14.9 Å². The minimum atomic E-state index is -0.0174. The first-order chi connectivity index (χ1) is 5.29. The lowest BCUT2D eigenvalue weighted by Crippen LogP contribution is -2.36. The summed E-state index contributed by atoms with van der Waals surface area (Å²) in [6.07, 6.45) is 1.51. The molecular weight excluding hydrogens is 144 g/mol. The van der Waals surface area contributed by atoms with Crippen LogP contribution in [-0.2, 0) is 0 Å². The number of fused-ring (bicyclic) bond motifs is 1. The predicted molar refractivity (Wildman–Crippen MR) is 39.2 cm³/mol. The van der Waals surface area contributed by atoms with Crippen molar-refractivity contribution in [3.8, 4) is 0 Å². The zero-order chi connectivity index (χ0) is 7.84. The molecule has 0 saturated heterocycles. The first kappa shape index (κ1) is 6.21. The first-order valence-electron chi connectivity index (χ1n) is 3.32. The maximum Gasteiger partial charge on any atom is 0.275 e. The maximum atomic E-state index is 11.3. The molecule has 1 aliphatic heterocycles. The van der Waals surface area contributed by atoms with E-state index in [1.165, 1.54) is 6.33 Å². The van der Waals surface area contributed by atoms with Crippen molar-refractivity contribution in [2.45, 2.75) is 0 Å². The minimum absolute atomic E-state index is 0.0174. The highest BCUT2D eigenvalue weighted by atomic mass is 16.2. The quantitative estimate of drug-likeness (QED) is 0.544. The van der Waals surface area contributed by atoms with Crippen LogP contribution in [0.5, 0.6) is 0 Å². The van der Waals surface area contributed by atoms with E-state index in [-0.39, 0.29) is 5.91 Å². The number of carbonyl (C=O) groups is 1. The highest BCUT2D eigenvalue weighted by molar-refractivity contribution is 5.98. The summed E-state index contributed by atoms with van der Waals surface area (Å²) in [5.41, 5.74) is 0.541. The molecule has 5 heteroatoms. The van der Waals surface area contributed by atoms with Gasteiger partial charge in [0, 0.05) is 7.05 Å². The normalized spacial score (nSPS) is 16.1. The van der Waals surface area contributed by atoms with E-state index < -0.39 is 0 Å². The molecule has 2 heterocycles. The molecule has 0 fully saturated rings. The molecule has 11 heavy (non-hydrogen) atoms. The molecule has 1 amide bonds. The van der Waals surface area contributed by atoms with Crippen LogP contribution >= 0.6 is 0 Å². The number of hydrogen-bond acceptors (Lipinski definition) is 3. The number of amides is 1. The Morgan fingerprint density at radius 3 is 3.36 bits per heavy atom. The molecule has 0 bridgehead atoms. The van der Waals surface area contributed by atoms with E-state index in [2.05, 4.69) is 15.3 Å². The van der Waals surface area contributed by atoms with Gasteiger partial charge >= 0.3 is 0 Å². The van der Waals surface area contributed by atoms with E-state index in [0.717, 1.165) is 0 Å². The van der Waals surface area contributed by atoms with Crippen LogP contribution in [0.4, 0.5) is 5.82 Å². The number of rotatable bonds is 0. The lowest BCUT2D eigenvalue weighted by Gasteiger charge is -2.22. The average Bonchev–Trinajstić information content (AvgIpc) is 2.45. The van der Waals surface area contributed by atoms with Gasteiger partial charge in [0.1, 0.15) is 5.69 Å². The number of nitrogens with zero attached hydrogens (tertiary/aromatic N) is 2. The van der Waals surface area contributed by atoms with Crippen molar-refractivity contribution in [3.05, 3.63) is 12.0 Å². The van der Waals surface area contributed by atoms with Crippen LogP contribution in [0.1, 0.15) is 10.5 Å². The van der Waals surface area contributed by atoms with Gasteiger partial charge < -0.3 is 15.2 Å². The molecule has 0 radical (unpaired) electrons. The number of anilines is 1. The van der Waals surface area contributed by atoms with Gasteiger partial charge in [-0.05, 0) is 0 Å². The molecule has 2 rings (SSSR count). The molecular formula is C6H8N4O. The van der Waals surface area contributed by atoms with Crippen molar-refractivity contribution >= 4 is 11.7 Å². The number of hydrogen-bond donors (Lipinski definition) is 2. The van der Waals surface area contributed by atoms with Crippen molar-refractivity contribution in [3.63, 3.8) is 0 Å². The van der Waals surface area contributed by atoms with Gasteiger partial charge in [0.2, 0.25) is 0 Å². The number of aromatic amines is 1. The van der Waals surface area contributed by atoms with Crippen LogP contribution in [0.2, 0.25) is 0 Å². The predicted octanol–water partition coefficient (Wildman–Crippen LogP) is -0.135. The number of imidazole rings is 1. The topological polar surface area (TPSA) is 61.0 Å². The fourth-order valence-corrected chi connectivity index (χ4v) is 1.05. The molecule has 0 spiro atoms. The summed E-state index contributed by atoms with van der Waals surface area (Å²) >= 11 is 0. The Balaban J connectivity index is 2.46. The van der Waals surface area contributed by atoms with Crippen LogP contribution in [0, 0.1) is 0 Å². The molecule has 0 aliphatic carbocycles. The summed E-state index contributed by atoms with van der Waals surface area (Å²) in [7, 11) is 1.74. The Kier molecular flexibility index (Phi) is 1.12. The van der Waals surface area contributed by atoms with E-state index in [1.54, 1.807) is 11.9 Å². The zero-order valence-electron chi connectivity index (χ0n) is 6.09. The molecule has 1 aliphatic rings. The maximum absolute atomic E-state index is 11.3. The molecule has 1 aromatic heterocycles. The molecule has 0 atom stereocenters. The monoisotopic (exact) mass is 152 g/mol. The van der Waals surface area contributed by atoms with Crippen molar-refractivity contribution in [2.75, 3.05) is 19.0 Å². The highest BCUT2D eigenvalue weighted by Gasteiger charge is 2.22. The van der Waals surface area contributed by atoms with Gasteiger partial charge in [0.05, 0.1) is 13.0 Å². The van der Waals surface area contributed by atoms with Gasteiger partial charge in [-0.2, -0.15) is 0 Å². The van der Waals surface area contributed by atoms with Crippen molar-refractivity contribution in [2.24, 2.45) is 0 Å². The third-order valence-corrected chi connectivity index (χ3v) is 1.68. The largest absolute Gasteiger partial charge is 0.351 e. The van der Waals surface area contributed by atoms with E-state index in [4.69, 9.17) is 0 Å². The summed E-state index contributed by atoms with van der Waals surface area (Å²) in [4.78, 5) is 19.6. The van der Waals surface area contributed by atoms with E-state index in [9.17, 15) is 4.79 Å². The number of H-pyrrole nitrogens is 1. The molecule has 0 saturated carbocycles. The SMILES string of the molecule is CN1CNc2nc[nH]c2C1=O. The Morgan fingerprint density at radius 1 is 1.73 bits per heavy atom. The number of nitrogens with one attached hydrogen (secondary N) is 2. The molecule has 5 nitrogen and oxygen atoms in total.